The predicted molar refractivity (Wildman–Crippen MR) is 82.4 cm³/mol. The normalized spacial score (nSPS) is 21.8. The molecule has 20 heavy (non-hydrogen) atoms. The monoisotopic (exact) mass is 277 g/mol. The van der Waals surface area contributed by atoms with Crippen LogP contribution in [0.15, 0.2) is 24.3 Å². The highest BCUT2D eigenvalue weighted by molar-refractivity contribution is 5.37. The molecule has 0 heterocycles. The van der Waals surface area contributed by atoms with E-state index in [1.807, 2.05) is 6.07 Å². The maximum atomic E-state index is 5.58. The summed E-state index contributed by atoms with van der Waals surface area (Å²) < 4.78 is 11.0. The molecule has 3 heteroatoms. The van der Waals surface area contributed by atoms with Crippen LogP contribution in [-0.2, 0) is 4.74 Å². The molecule has 0 bridgehead atoms. The van der Waals surface area contributed by atoms with Crippen molar-refractivity contribution in [3.8, 4) is 5.75 Å². The standard InChI is InChI=1S/C17H27NO2/c1-13(2)12-20-9-8-18-15-10-14(11-15)16-6-4-5-7-17(16)19-3/h4-7,13-15,18H,8-12H2,1-3H3. The number of hydrogen-bond acceptors (Lipinski definition) is 3. The summed E-state index contributed by atoms with van der Waals surface area (Å²) in [5.41, 5.74) is 1.35. The molecule has 3 nitrogen and oxygen atoms in total. The van der Waals surface area contributed by atoms with Gasteiger partial charge in [-0.15, -0.1) is 0 Å². The Kier molecular flexibility index (Phi) is 5.86. The molecule has 0 saturated heterocycles. The zero-order chi connectivity index (χ0) is 14.4. The van der Waals surface area contributed by atoms with E-state index in [1.165, 1.54) is 18.4 Å². The van der Waals surface area contributed by atoms with Crippen LogP contribution in [0, 0.1) is 5.92 Å². The average molecular weight is 277 g/mol. The second-order valence-electron chi connectivity index (χ2n) is 6.03. The van der Waals surface area contributed by atoms with Gasteiger partial charge in [0.05, 0.1) is 13.7 Å². The van der Waals surface area contributed by atoms with Gasteiger partial charge in [0.25, 0.3) is 0 Å². The lowest BCUT2D eigenvalue weighted by Gasteiger charge is -2.37. The number of hydrogen-bond donors (Lipinski definition) is 1. The van der Waals surface area contributed by atoms with E-state index in [1.54, 1.807) is 7.11 Å². The highest BCUT2D eigenvalue weighted by Gasteiger charge is 2.31. The van der Waals surface area contributed by atoms with Crippen molar-refractivity contribution in [2.75, 3.05) is 26.9 Å². The molecule has 0 atom stereocenters. The lowest BCUT2D eigenvalue weighted by molar-refractivity contribution is 0.106. The summed E-state index contributed by atoms with van der Waals surface area (Å²) in [6, 6.07) is 9.00. The molecule has 0 aliphatic heterocycles. The van der Waals surface area contributed by atoms with Gasteiger partial charge in [0.15, 0.2) is 0 Å². The van der Waals surface area contributed by atoms with Crippen molar-refractivity contribution < 1.29 is 9.47 Å². The second-order valence-corrected chi connectivity index (χ2v) is 6.03. The third-order valence-electron chi connectivity index (χ3n) is 3.85. The molecule has 0 spiro atoms. The molecular formula is C17H27NO2. The van der Waals surface area contributed by atoms with E-state index in [0.29, 0.717) is 17.9 Å². The van der Waals surface area contributed by atoms with E-state index in [2.05, 4.69) is 37.4 Å². The van der Waals surface area contributed by atoms with Crippen molar-refractivity contribution >= 4 is 0 Å². The number of ether oxygens (including phenoxy) is 2. The van der Waals surface area contributed by atoms with Crippen LogP contribution in [0.3, 0.4) is 0 Å². The quantitative estimate of drug-likeness (QED) is 0.740. The van der Waals surface area contributed by atoms with E-state index in [4.69, 9.17) is 9.47 Å². The van der Waals surface area contributed by atoms with Crippen LogP contribution >= 0.6 is 0 Å². The van der Waals surface area contributed by atoms with Gasteiger partial charge < -0.3 is 14.8 Å². The first-order chi connectivity index (χ1) is 9.70. The minimum Gasteiger partial charge on any atom is -0.496 e. The van der Waals surface area contributed by atoms with Crippen molar-refractivity contribution in [2.45, 2.75) is 38.6 Å². The molecule has 1 fully saturated rings. The molecule has 0 aromatic heterocycles. The van der Waals surface area contributed by atoms with Gasteiger partial charge >= 0.3 is 0 Å². The molecule has 1 aromatic rings. The first-order valence-corrected chi connectivity index (χ1v) is 7.64. The Bertz CT molecular complexity index is 400. The van der Waals surface area contributed by atoms with Crippen molar-refractivity contribution in [3.05, 3.63) is 29.8 Å². The van der Waals surface area contributed by atoms with E-state index in [-0.39, 0.29) is 0 Å². The van der Waals surface area contributed by atoms with Gasteiger partial charge in [0.1, 0.15) is 5.75 Å². The lowest BCUT2D eigenvalue weighted by Crippen LogP contribution is -2.41. The summed E-state index contributed by atoms with van der Waals surface area (Å²) in [7, 11) is 1.75. The minimum atomic E-state index is 0.619. The van der Waals surface area contributed by atoms with E-state index < -0.39 is 0 Å². The van der Waals surface area contributed by atoms with Crippen molar-refractivity contribution in [1.29, 1.82) is 0 Å². The smallest absolute Gasteiger partial charge is 0.122 e. The minimum absolute atomic E-state index is 0.619. The highest BCUT2D eigenvalue weighted by Crippen LogP contribution is 2.40. The summed E-state index contributed by atoms with van der Waals surface area (Å²) in [5.74, 6) is 2.28. The van der Waals surface area contributed by atoms with E-state index in [9.17, 15) is 0 Å². The van der Waals surface area contributed by atoms with Gasteiger partial charge in [-0.2, -0.15) is 0 Å². The second kappa shape index (κ2) is 7.65. The molecule has 1 saturated carbocycles. The maximum Gasteiger partial charge on any atom is 0.122 e. The largest absolute Gasteiger partial charge is 0.496 e. The Balaban J connectivity index is 1.65. The zero-order valence-electron chi connectivity index (χ0n) is 12.9. The molecule has 1 aromatic carbocycles. The van der Waals surface area contributed by atoms with Crippen LogP contribution in [0.5, 0.6) is 5.75 Å². The van der Waals surface area contributed by atoms with Crippen LogP contribution in [0.1, 0.15) is 38.2 Å². The van der Waals surface area contributed by atoms with Gasteiger partial charge in [0.2, 0.25) is 0 Å². The van der Waals surface area contributed by atoms with Gasteiger partial charge in [-0.25, -0.2) is 0 Å². The molecular weight excluding hydrogens is 250 g/mol. The molecule has 0 unspecified atom stereocenters. The average Bonchev–Trinajstić information content (AvgIpc) is 2.40. The topological polar surface area (TPSA) is 30.5 Å². The Labute approximate surface area is 122 Å². The lowest BCUT2D eigenvalue weighted by atomic mass is 9.75. The molecule has 1 N–H and O–H groups in total. The summed E-state index contributed by atoms with van der Waals surface area (Å²) in [5, 5.41) is 3.56. The fourth-order valence-electron chi connectivity index (χ4n) is 2.70. The third kappa shape index (κ3) is 4.22. The highest BCUT2D eigenvalue weighted by atomic mass is 16.5. The maximum absolute atomic E-state index is 5.58. The Morgan fingerprint density at radius 3 is 2.70 bits per heavy atom. The van der Waals surface area contributed by atoms with Crippen LogP contribution in [-0.4, -0.2) is 32.9 Å². The summed E-state index contributed by atoms with van der Waals surface area (Å²) >= 11 is 0. The van der Waals surface area contributed by atoms with Crippen molar-refractivity contribution in [1.82, 2.24) is 5.32 Å². The summed E-state index contributed by atoms with van der Waals surface area (Å²) in [4.78, 5) is 0. The SMILES string of the molecule is COc1ccccc1C1CC(NCCOCC(C)C)C1. The fraction of sp³-hybridized carbons (Fsp3) is 0.647. The van der Waals surface area contributed by atoms with Crippen LogP contribution < -0.4 is 10.1 Å². The van der Waals surface area contributed by atoms with Crippen LogP contribution in [0.4, 0.5) is 0 Å². The predicted octanol–water partition coefficient (Wildman–Crippen LogP) is 3.20. The molecule has 1 aliphatic carbocycles. The Morgan fingerprint density at radius 1 is 1.25 bits per heavy atom. The molecule has 1 aliphatic rings. The van der Waals surface area contributed by atoms with E-state index >= 15 is 0 Å². The number of rotatable bonds is 8. The Hall–Kier alpha value is -1.06. The summed E-state index contributed by atoms with van der Waals surface area (Å²) in [6.45, 7) is 6.98. The first kappa shape index (κ1) is 15.3. The summed E-state index contributed by atoms with van der Waals surface area (Å²) in [6.07, 6.45) is 2.40. The van der Waals surface area contributed by atoms with Gasteiger partial charge in [-0.1, -0.05) is 32.0 Å². The number of benzene rings is 1. The first-order valence-electron chi connectivity index (χ1n) is 7.64. The van der Waals surface area contributed by atoms with Crippen LogP contribution in [0.2, 0.25) is 0 Å². The molecule has 2 rings (SSSR count). The molecule has 0 radical (unpaired) electrons. The number of nitrogens with one attached hydrogen (secondary N) is 1. The van der Waals surface area contributed by atoms with E-state index in [0.717, 1.165) is 25.5 Å². The van der Waals surface area contributed by atoms with Gasteiger partial charge in [-0.3, -0.25) is 0 Å². The number of para-hydroxylation sites is 1. The molecule has 0 amide bonds. The van der Waals surface area contributed by atoms with Crippen LogP contribution in [0.25, 0.3) is 0 Å². The molecule has 112 valence electrons. The van der Waals surface area contributed by atoms with Gasteiger partial charge in [-0.05, 0) is 36.3 Å². The number of methoxy groups -OCH3 is 1. The van der Waals surface area contributed by atoms with Crippen molar-refractivity contribution in [2.24, 2.45) is 5.92 Å². The van der Waals surface area contributed by atoms with Gasteiger partial charge in [0, 0.05) is 19.2 Å². The zero-order valence-corrected chi connectivity index (χ0v) is 12.9. The fourth-order valence-corrected chi connectivity index (χ4v) is 2.70. The Morgan fingerprint density at radius 2 is 2.00 bits per heavy atom. The third-order valence-corrected chi connectivity index (χ3v) is 3.85. The van der Waals surface area contributed by atoms with Crippen molar-refractivity contribution in [3.63, 3.8) is 0 Å².